The SMILES string of the molecule is Cc1nc2cc(F)cc(C(=O)N3CCN(C)C[C@H]3C)c2nc1C. The zero-order valence-corrected chi connectivity index (χ0v) is 13.9. The standard InChI is InChI=1S/C17H21FN4O/c1-10-9-21(4)5-6-22(10)17(23)14-7-13(18)8-15-16(14)20-12(3)11(2)19-15/h7-8,10H,5-6,9H2,1-4H3/t10-/m1/s1. The zero-order valence-electron chi connectivity index (χ0n) is 13.9. The lowest BCUT2D eigenvalue weighted by atomic mass is 10.1. The fraction of sp³-hybridized carbons (Fsp3) is 0.471. The molecule has 0 radical (unpaired) electrons. The molecule has 5 nitrogen and oxygen atoms in total. The molecule has 2 aromatic rings. The molecule has 1 aliphatic heterocycles. The minimum Gasteiger partial charge on any atom is -0.333 e. The molecular formula is C17H21FN4O. The van der Waals surface area contributed by atoms with Gasteiger partial charge in [-0.05, 0) is 33.9 Å². The van der Waals surface area contributed by atoms with Crippen molar-refractivity contribution in [2.45, 2.75) is 26.8 Å². The summed E-state index contributed by atoms with van der Waals surface area (Å²) >= 11 is 0. The molecule has 3 rings (SSSR count). The van der Waals surface area contributed by atoms with Gasteiger partial charge in [-0.25, -0.2) is 14.4 Å². The van der Waals surface area contributed by atoms with E-state index in [1.807, 2.05) is 27.8 Å². The number of aryl methyl sites for hydroxylation is 2. The molecule has 1 saturated heterocycles. The maximum absolute atomic E-state index is 14.0. The van der Waals surface area contributed by atoms with Crippen molar-refractivity contribution in [3.63, 3.8) is 0 Å². The van der Waals surface area contributed by atoms with E-state index in [0.717, 1.165) is 24.5 Å². The van der Waals surface area contributed by atoms with Gasteiger partial charge in [-0.3, -0.25) is 4.79 Å². The van der Waals surface area contributed by atoms with Crippen molar-refractivity contribution in [3.05, 3.63) is 34.9 Å². The first-order chi connectivity index (χ1) is 10.9. The highest BCUT2D eigenvalue weighted by atomic mass is 19.1. The second-order valence-electron chi connectivity index (χ2n) is 6.33. The van der Waals surface area contributed by atoms with Crippen molar-refractivity contribution < 1.29 is 9.18 Å². The Kier molecular flexibility index (Phi) is 4.02. The van der Waals surface area contributed by atoms with E-state index in [-0.39, 0.29) is 11.9 Å². The van der Waals surface area contributed by atoms with Gasteiger partial charge in [-0.2, -0.15) is 0 Å². The van der Waals surface area contributed by atoms with Gasteiger partial charge in [0.1, 0.15) is 11.3 Å². The lowest BCUT2D eigenvalue weighted by Crippen LogP contribution is -2.52. The number of carbonyl (C=O) groups excluding carboxylic acids is 1. The van der Waals surface area contributed by atoms with E-state index < -0.39 is 5.82 Å². The van der Waals surface area contributed by atoms with Crippen molar-refractivity contribution in [1.82, 2.24) is 19.8 Å². The first kappa shape index (κ1) is 15.8. The van der Waals surface area contributed by atoms with E-state index in [1.165, 1.54) is 12.1 Å². The van der Waals surface area contributed by atoms with E-state index in [9.17, 15) is 9.18 Å². The fourth-order valence-electron chi connectivity index (χ4n) is 3.06. The Morgan fingerprint density at radius 1 is 1.22 bits per heavy atom. The minimum atomic E-state index is -0.458. The number of benzene rings is 1. The molecule has 0 aliphatic carbocycles. The van der Waals surface area contributed by atoms with Gasteiger partial charge in [0.15, 0.2) is 0 Å². The molecule has 0 spiro atoms. The van der Waals surface area contributed by atoms with Crippen LogP contribution >= 0.6 is 0 Å². The summed E-state index contributed by atoms with van der Waals surface area (Å²) in [5, 5.41) is 0. The van der Waals surface area contributed by atoms with Gasteiger partial charge in [0.2, 0.25) is 0 Å². The largest absolute Gasteiger partial charge is 0.333 e. The average molecular weight is 316 g/mol. The average Bonchev–Trinajstić information content (AvgIpc) is 2.47. The van der Waals surface area contributed by atoms with Crippen molar-refractivity contribution in [3.8, 4) is 0 Å². The molecule has 0 bridgehead atoms. The maximum atomic E-state index is 14.0. The molecule has 6 heteroatoms. The fourth-order valence-corrected chi connectivity index (χ4v) is 3.06. The molecule has 2 heterocycles. The van der Waals surface area contributed by atoms with Crippen LogP contribution in [-0.2, 0) is 0 Å². The highest BCUT2D eigenvalue weighted by Gasteiger charge is 2.28. The molecule has 23 heavy (non-hydrogen) atoms. The van der Waals surface area contributed by atoms with E-state index >= 15 is 0 Å². The normalized spacial score (nSPS) is 19.3. The summed E-state index contributed by atoms with van der Waals surface area (Å²) in [7, 11) is 2.04. The third-order valence-electron chi connectivity index (χ3n) is 4.47. The predicted octanol–water partition coefficient (Wildman–Crippen LogP) is 2.16. The number of halogens is 1. The van der Waals surface area contributed by atoms with Crippen LogP contribution in [0, 0.1) is 19.7 Å². The number of likely N-dealkylation sites (N-methyl/N-ethyl adjacent to an activating group) is 1. The highest BCUT2D eigenvalue weighted by molar-refractivity contribution is 6.05. The van der Waals surface area contributed by atoms with Gasteiger partial charge in [-0.1, -0.05) is 0 Å². The quantitative estimate of drug-likeness (QED) is 0.809. The number of aromatic nitrogens is 2. The molecule has 1 fully saturated rings. The number of hydrogen-bond donors (Lipinski definition) is 0. The Morgan fingerprint density at radius 2 is 1.91 bits per heavy atom. The van der Waals surface area contributed by atoms with Crippen LogP contribution in [0.4, 0.5) is 4.39 Å². The monoisotopic (exact) mass is 316 g/mol. The summed E-state index contributed by atoms with van der Waals surface area (Å²) < 4.78 is 14.0. The van der Waals surface area contributed by atoms with Crippen molar-refractivity contribution in [1.29, 1.82) is 0 Å². The Hall–Kier alpha value is -2.08. The topological polar surface area (TPSA) is 49.3 Å². The van der Waals surface area contributed by atoms with Crippen LogP contribution in [0.1, 0.15) is 28.7 Å². The van der Waals surface area contributed by atoms with Crippen molar-refractivity contribution in [2.75, 3.05) is 26.7 Å². The third-order valence-corrected chi connectivity index (χ3v) is 4.47. The van der Waals surface area contributed by atoms with E-state index in [2.05, 4.69) is 14.9 Å². The molecule has 1 atom stereocenters. The number of fused-ring (bicyclic) bond motifs is 1. The molecule has 0 N–H and O–H groups in total. The van der Waals surface area contributed by atoms with Crippen LogP contribution in [0.2, 0.25) is 0 Å². The smallest absolute Gasteiger partial charge is 0.256 e. The summed E-state index contributed by atoms with van der Waals surface area (Å²) in [6.07, 6.45) is 0. The first-order valence-corrected chi connectivity index (χ1v) is 7.81. The third kappa shape index (κ3) is 2.91. The van der Waals surface area contributed by atoms with Crippen LogP contribution < -0.4 is 0 Å². The summed E-state index contributed by atoms with van der Waals surface area (Å²) in [4.78, 5) is 25.8. The van der Waals surface area contributed by atoms with Crippen LogP contribution in [0.5, 0.6) is 0 Å². The molecular weight excluding hydrogens is 295 g/mol. The summed E-state index contributed by atoms with van der Waals surface area (Å²) in [6.45, 7) is 7.94. The van der Waals surface area contributed by atoms with Crippen LogP contribution in [-0.4, -0.2) is 58.4 Å². The van der Waals surface area contributed by atoms with Crippen LogP contribution in [0.15, 0.2) is 12.1 Å². The highest BCUT2D eigenvalue weighted by Crippen LogP contribution is 2.22. The number of piperazine rings is 1. The summed E-state index contributed by atoms with van der Waals surface area (Å²) in [5.41, 5.74) is 2.70. The molecule has 0 saturated carbocycles. The van der Waals surface area contributed by atoms with Gasteiger partial charge in [-0.15, -0.1) is 0 Å². The minimum absolute atomic E-state index is 0.0825. The second-order valence-corrected chi connectivity index (χ2v) is 6.33. The number of nitrogens with zero attached hydrogens (tertiary/aromatic N) is 4. The number of hydrogen-bond acceptors (Lipinski definition) is 4. The lowest BCUT2D eigenvalue weighted by molar-refractivity contribution is 0.0535. The van der Waals surface area contributed by atoms with Crippen LogP contribution in [0.3, 0.4) is 0 Å². The number of amides is 1. The molecule has 0 unspecified atom stereocenters. The molecule has 122 valence electrons. The summed E-state index contributed by atoms with van der Waals surface area (Å²) in [5.74, 6) is -0.632. The zero-order chi connectivity index (χ0) is 16.7. The maximum Gasteiger partial charge on any atom is 0.256 e. The Labute approximate surface area is 135 Å². The van der Waals surface area contributed by atoms with Gasteiger partial charge in [0.25, 0.3) is 5.91 Å². The van der Waals surface area contributed by atoms with E-state index in [4.69, 9.17) is 0 Å². The number of carbonyl (C=O) groups is 1. The summed E-state index contributed by atoms with van der Waals surface area (Å²) in [6, 6.07) is 2.69. The predicted molar refractivity (Wildman–Crippen MR) is 87.0 cm³/mol. The molecule has 1 amide bonds. The van der Waals surface area contributed by atoms with Gasteiger partial charge in [0, 0.05) is 31.7 Å². The molecule has 1 aromatic heterocycles. The molecule has 1 aliphatic rings. The van der Waals surface area contributed by atoms with Gasteiger partial charge < -0.3 is 9.80 Å². The van der Waals surface area contributed by atoms with E-state index in [1.54, 1.807) is 4.90 Å². The number of rotatable bonds is 1. The van der Waals surface area contributed by atoms with Crippen molar-refractivity contribution >= 4 is 16.9 Å². The Morgan fingerprint density at radius 3 is 2.61 bits per heavy atom. The molecule has 1 aromatic carbocycles. The van der Waals surface area contributed by atoms with Gasteiger partial charge >= 0.3 is 0 Å². The van der Waals surface area contributed by atoms with E-state index in [0.29, 0.717) is 23.1 Å². The second kappa shape index (κ2) is 5.85. The Bertz CT molecular complexity index is 777. The van der Waals surface area contributed by atoms with Crippen molar-refractivity contribution in [2.24, 2.45) is 0 Å². The Balaban J connectivity index is 2.08. The lowest BCUT2D eigenvalue weighted by Gasteiger charge is -2.38. The van der Waals surface area contributed by atoms with Gasteiger partial charge in [0.05, 0.1) is 22.5 Å². The van der Waals surface area contributed by atoms with Crippen LogP contribution in [0.25, 0.3) is 11.0 Å². The first-order valence-electron chi connectivity index (χ1n) is 7.81.